The normalized spacial score (nSPS) is 16.1. The van der Waals surface area contributed by atoms with Crippen molar-refractivity contribution >= 4 is 58.1 Å². The summed E-state index contributed by atoms with van der Waals surface area (Å²) < 4.78 is 3.12. The van der Waals surface area contributed by atoms with E-state index in [1.807, 2.05) is 22.9 Å². The third-order valence-corrected chi connectivity index (χ3v) is 3.68. The Balaban J connectivity index is 3.63. The molecule has 0 aliphatic carbocycles. The molecule has 0 saturated heterocycles. The van der Waals surface area contributed by atoms with Crippen LogP contribution in [-0.4, -0.2) is 4.05 Å². The maximum atomic E-state index is 5.44. The van der Waals surface area contributed by atoms with Gasteiger partial charge >= 0.3 is 0 Å². The second-order valence-corrected chi connectivity index (χ2v) is 3.23. The minimum atomic E-state index is 0.186. The van der Waals surface area contributed by atoms with E-state index in [4.69, 9.17) is 5.73 Å². The Morgan fingerprint density at radius 1 is 1.88 bits per heavy atom. The van der Waals surface area contributed by atoms with Crippen LogP contribution in [0.5, 0.6) is 0 Å². The molecule has 0 heterocycles. The monoisotopic (exact) mass is 356 g/mol. The summed E-state index contributed by atoms with van der Waals surface area (Å²) in [6.07, 6.45) is 0. The van der Waals surface area contributed by atoms with Crippen molar-refractivity contribution in [1.82, 2.24) is 3.53 Å². The van der Waals surface area contributed by atoms with Crippen LogP contribution in [0.25, 0.3) is 0 Å². The van der Waals surface area contributed by atoms with Crippen LogP contribution in [0.3, 0.4) is 0 Å². The summed E-state index contributed by atoms with van der Waals surface area (Å²) >= 11 is 8.08. The van der Waals surface area contributed by atoms with Crippen molar-refractivity contribution in [3.63, 3.8) is 0 Å². The molecule has 8 heavy (non-hydrogen) atoms. The molecule has 1 unspecified atom stereocenters. The van der Waals surface area contributed by atoms with Crippen LogP contribution in [-0.2, 0) is 0 Å². The fourth-order valence-corrected chi connectivity index (χ4v) is 1.10. The molecule has 0 aliphatic heterocycles. The molecule has 0 amide bonds. The molecular weight excluding hydrogens is 350 g/mol. The SMILES string of the molecule is N/C(=C/S)C(I)NI. The predicted molar refractivity (Wildman–Crippen MR) is 56.2 cm³/mol. The number of nitrogens with two attached hydrogens (primary N) is 1. The Morgan fingerprint density at radius 3 is 2.50 bits per heavy atom. The molecule has 3 N–H and O–H groups in total. The van der Waals surface area contributed by atoms with Crippen LogP contribution >= 0.6 is 58.1 Å². The van der Waals surface area contributed by atoms with Crippen LogP contribution in [0.15, 0.2) is 11.1 Å². The van der Waals surface area contributed by atoms with Crippen molar-refractivity contribution in [3.8, 4) is 0 Å². The molecule has 5 heteroatoms. The van der Waals surface area contributed by atoms with Crippen molar-refractivity contribution < 1.29 is 0 Å². The maximum absolute atomic E-state index is 5.44. The quantitative estimate of drug-likeness (QED) is 0.230. The topological polar surface area (TPSA) is 38.0 Å². The van der Waals surface area contributed by atoms with Gasteiger partial charge in [0.1, 0.15) is 4.05 Å². The molecule has 0 aliphatic rings. The number of hydrogen-bond donors (Lipinski definition) is 3. The van der Waals surface area contributed by atoms with E-state index in [2.05, 4.69) is 38.7 Å². The van der Waals surface area contributed by atoms with E-state index in [0.29, 0.717) is 0 Å². The molecular formula is C3H6I2N2S. The van der Waals surface area contributed by atoms with Gasteiger partial charge in [0.05, 0.1) is 0 Å². The number of rotatable bonds is 2. The standard InChI is InChI=1S/C3H6I2N2S/c4-3(7-5)2(6)1-8/h1,3,7-8H,6H2/b2-1+. The largest absolute Gasteiger partial charge is 0.400 e. The van der Waals surface area contributed by atoms with E-state index in [1.54, 1.807) is 5.41 Å². The van der Waals surface area contributed by atoms with Gasteiger partial charge in [-0.25, -0.2) is 3.53 Å². The molecule has 2 nitrogen and oxygen atoms in total. The molecule has 0 bridgehead atoms. The van der Waals surface area contributed by atoms with Crippen molar-refractivity contribution in [3.05, 3.63) is 11.1 Å². The number of alkyl halides is 1. The molecule has 0 saturated carbocycles. The lowest BCUT2D eigenvalue weighted by atomic mass is 10.5. The number of thiol groups is 1. The fourth-order valence-electron chi connectivity index (χ4n) is 0.128. The maximum Gasteiger partial charge on any atom is 0.108 e. The molecule has 0 radical (unpaired) electrons. The van der Waals surface area contributed by atoms with E-state index in [9.17, 15) is 0 Å². The van der Waals surface area contributed by atoms with Gasteiger partial charge in [-0.15, -0.1) is 12.6 Å². The van der Waals surface area contributed by atoms with Gasteiger partial charge in [-0.2, -0.15) is 0 Å². The molecule has 0 aromatic carbocycles. The van der Waals surface area contributed by atoms with Gasteiger partial charge in [0.25, 0.3) is 0 Å². The summed E-state index contributed by atoms with van der Waals surface area (Å²) in [6.45, 7) is 0. The molecule has 0 spiro atoms. The Hall–Kier alpha value is 1.31. The second-order valence-electron chi connectivity index (χ2n) is 1.10. The molecule has 0 aromatic rings. The Morgan fingerprint density at radius 2 is 2.38 bits per heavy atom. The Kier molecular flexibility index (Phi) is 5.96. The lowest BCUT2D eigenvalue weighted by Gasteiger charge is -2.04. The van der Waals surface area contributed by atoms with Gasteiger partial charge in [-0.05, 0) is 5.41 Å². The zero-order valence-electron chi connectivity index (χ0n) is 3.94. The van der Waals surface area contributed by atoms with Gasteiger partial charge in [-0.3, -0.25) is 0 Å². The third kappa shape index (κ3) is 3.36. The first-order chi connectivity index (χ1) is 3.72. The van der Waals surface area contributed by atoms with Gasteiger partial charge < -0.3 is 5.73 Å². The minimum absolute atomic E-state index is 0.186. The highest BCUT2D eigenvalue weighted by molar-refractivity contribution is 14.1. The summed E-state index contributed by atoms with van der Waals surface area (Å²) in [5.74, 6) is 0. The molecule has 0 aromatic heterocycles. The lowest BCUT2D eigenvalue weighted by molar-refractivity contribution is 1.03. The van der Waals surface area contributed by atoms with Gasteiger partial charge in [0.2, 0.25) is 0 Å². The summed E-state index contributed by atoms with van der Waals surface area (Å²) in [5.41, 5.74) is 6.18. The minimum Gasteiger partial charge on any atom is -0.400 e. The molecule has 0 rings (SSSR count). The Bertz CT molecular complexity index is 95.3. The highest BCUT2D eigenvalue weighted by Crippen LogP contribution is 2.05. The van der Waals surface area contributed by atoms with Crippen molar-refractivity contribution in [2.24, 2.45) is 5.73 Å². The zero-order valence-corrected chi connectivity index (χ0v) is 9.14. The summed E-state index contributed by atoms with van der Waals surface area (Å²) in [7, 11) is 0. The van der Waals surface area contributed by atoms with E-state index in [1.165, 1.54) is 0 Å². The second kappa shape index (κ2) is 5.12. The zero-order chi connectivity index (χ0) is 6.57. The van der Waals surface area contributed by atoms with Crippen LogP contribution in [0.4, 0.5) is 0 Å². The number of nitrogens with one attached hydrogen (secondary N) is 1. The first-order valence-electron chi connectivity index (χ1n) is 1.82. The number of hydrogen-bond acceptors (Lipinski definition) is 3. The van der Waals surface area contributed by atoms with E-state index < -0.39 is 0 Å². The molecule has 1 atom stereocenters. The lowest BCUT2D eigenvalue weighted by Crippen LogP contribution is -2.19. The Labute approximate surface area is 81.7 Å². The van der Waals surface area contributed by atoms with Crippen molar-refractivity contribution in [1.29, 1.82) is 0 Å². The van der Waals surface area contributed by atoms with Crippen molar-refractivity contribution in [2.75, 3.05) is 0 Å². The summed E-state index contributed by atoms with van der Waals surface area (Å²) in [5, 5.41) is 1.59. The highest BCUT2D eigenvalue weighted by atomic mass is 127. The van der Waals surface area contributed by atoms with Gasteiger partial charge in [0.15, 0.2) is 0 Å². The van der Waals surface area contributed by atoms with E-state index in [-0.39, 0.29) is 4.05 Å². The van der Waals surface area contributed by atoms with Gasteiger partial charge in [0, 0.05) is 28.6 Å². The molecule has 48 valence electrons. The highest BCUT2D eigenvalue weighted by Gasteiger charge is 2.00. The van der Waals surface area contributed by atoms with Crippen LogP contribution in [0, 0.1) is 0 Å². The third-order valence-electron chi connectivity index (χ3n) is 0.538. The first-order valence-corrected chi connectivity index (χ1v) is 4.66. The smallest absolute Gasteiger partial charge is 0.108 e. The van der Waals surface area contributed by atoms with E-state index >= 15 is 0 Å². The van der Waals surface area contributed by atoms with Crippen LogP contribution in [0.2, 0.25) is 0 Å². The average molecular weight is 356 g/mol. The van der Waals surface area contributed by atoms with Crippen molar-refractivity contribution in [2.45, 2.75) is 4.05 Å². The van der Waals surface area contributed by atoms with Crippen LogP contribution in [0.1, 0.15) is 0 Å². The fraction of sp³-hybridized carbons (Fsp3) is 0.333. The first kappa shape index (κ1) is 9.31. The summed E-state index contributed by atoms with van der Waals surface area (Å²) in [6, 6.07) is 0. The average Bonchev–Trinajstić information content (AvgIpc) is 1.84. The van der Waals surface area contributed by atoms with E-state index in [0.717, 1.165) is 5.70 Å². The number of halogens is 2. The summed E-state index contributed by atoms with van der Waals surface area (Å²) in [4.78, 5) is 0. The van der Waals surface area contributed by atoms with Gasteiger partial charge in [-0.1, -0.05) is 22.6 Å². The predicted octanol–water partition coefficient (Wildman–Crippen LogP) is 1.42. The molecule has 0 fully saturated rings. The van der Waals surface area contributed by atoms with Crippen LogP contribution < -0.4 is 9.26 Å².